The highest BCUT2D eigenvalue weighted by molar-refractivity contribution is 5.86. The van der Waals surface area contributed by atoms with Crippen LogP contribution in [0.25, 0.3) is 11.1 Å². The van der Waals surface area contributed by atoms with E-state index in [1.54, 1.807) is 12.1 Å². The van der Waals surface area contributed by atoms with Crippen LogP contribution >= 0.6 is 0 Å². The van der Waals surface area contributed by atoms with Crippen molar-refractivity contribution in [2.45, 2.75) is 13.3 Å². The van der Waals surface area contributed by atoms with Crippen molar-refractivity contribution in [3.05, 3.63) is 89.7 Å². The number of carbonyl (C=O) groups is 1. The summed E-state index contributed by atoms with van der Waals surface area (Å²) in [7, 11) is 0. The van der Waals surface area contributed by atoms with Crippen LogP contribution in [0, 0.1) is 5.82 Å². The minimum Gasteiger partial charge on any atom is -0.298 e. The molecule has 0 spiro atoms. The van der Waals surface area contributed by atoms with E-state index >= 15 is 0 Å². The Bertz CT molecular complexity index is 918. The molecule has 3 rings (SSSR count). The van der Waals surface area contributed by atoms with Gasteiger partial charge in [0.2, 0.25) is 0 Å². The summed E-state index contributed by atoms with van der Waals surface area (Å²) >= 11 is 0. The number of aryl methyl sites for hydroxylation is 1. The summed E-state index contributed by atoms with van der Waals surface area (Å²) in [5.41, 5.74) is 4.70. The molecule has 0 aromatic heterocycles. The van der Waals surface area contributed by atoms with Crippen molar-refractivity contribution in [1.29, 1.82) is 0 Å². The fourth-order valence-electron chi connectivity index (χ4n) is 2.50. The molecule has 1 N–H and O–H groups in total. The molecule has 4 nitrogen and oxygen atoms in total. The molecule has 3 aromatic rings. The van der Waals surface area contributed by atoms with E-state index in [1.807, 2.05) is 12.1 Å². The van der Waals surface area contributed by atoms with Gasteiger partial charge in [0.1, 0.15) is 5.82 Å². The molecule has 0 saturated carbocycles. The van der Waals surface area contributed by atoms with E-state index in [4.69, 9.17) is 4.84 Å². The van der Waals surface area contributed by atoms with Crippen molar-refractivity contribution in [3.63, 3.8) is 0 Å². The molecule has 5 heteroatoms. The van der Waals surface area contributed by atoms with Crippen LogP contribution in [0.1, 0.15) is 18.1 Å². The lowest BCUT2D eigenvalue weighted by atomic mass is 10.0. The van der Waals surface area contributed by atoms with Gasteiger partial charge in [-0.15, -0.1) is 0 Å². The first-order chi connectivity index (χ1) is 13.1. The Morgan fingerprint density at radius 2 is 1.56 bits per heavy atom. The molecule has 27 heavy (non-hydrogen) atoms. The number of amides is 1. The summed E-state index contributed by atoms with van der Waals surface area (Å²) in [5.74, 6) is -0.337. The van der Waals surface area contributed by atoms with Crippen LogP contribution in [0.5, 0.6) is 0 Å². The van der Waals surface area contributed by atoms with Gasteiger partial charge < -0.3 is 0 Å². The van der Waals surface area contributed by atoms with Gasteiger partial charge in [-0.05, 0) is 52.9 Å². The Morgan fingerprint density at radius 3 is 2.15 bits per heavy atom. The van der Waals surface area contributed by atoms with Crippen LogP contribution in [0.15, 0.2) is 78.0 Å². The fourth-order valence-corrected chi connectivity index (χ4v) is 2.50. The molecule has 0 fully saturated rings. The lowest BCUT2D eigenvalue weighted by Crippen LogP contribution is -2.10. The maximum Gasteiger partial charge on any atom is 0.437 e. The number of halogens is 1. The summed E-state index contributed by atoms with van der Waals surface area (Å²) < 4.78 is 12.8. The van der Waals surface area contributed by atoms with Crippen LogP contribution in [-0.4, -0.2) is 12.3 Å². The third kappa shape index (κ3) is 5.25. The molecular formula is C22H19FN2O2. The van der Waals surface area contributed by atoms with Gasteiger partial charge in [0.15, 0.2) is 0 Å². The van der Waals surface area contributed by atoms with Gasteiger partial charge in [0, 0.05) is 5.69 Å². The summed E-state index contributed by atoms with van der Waals surface area (Å²) in [6.45, 7) is 2.12. The number of carbonyl (C=O) groups excluding carboxylic acids is 1. The van der Waals surface area contributed by atoms with Gasteiger partial charge in [-0.3, -0.25) is 10.2 Å². The van der Waals surface area contributed by atoms with E-state index < -0.39 is 6.09 Å². The van der Waals surface area contributed by atoms with Crippen molar-refractivity contribution < 1.29 is 14.0 Å². The highest BCUT2D eigenvalue weighted by Gasteiger charge is 2.04. The smallest absolute Gasteiger partial charge is 0.298 e. The van der Waals surface area contributed by atoms with Crippen molar-refractivity contribution >= 4 is 18.0 Å². The molecule has 136 valence electrons. The molecule has 0 radical (unpaired) electrons. The van der Waals surface area contributed by atoms with Gasteiger partial charge in [0.05, 0.1) is 6.21 Å². The number of benzene rings is 3. The largest absolute Gasteiger partial charge is 0.437 e. The van der Waals surface area contributed by atoms with Crippen LogP contribution in [0.3, 0.4) is 0 Å². The molecule has 1 amide bonds. The summed E-state index contributed by atoms with van der Waals surface area (Å²) in [4.78, 5) is 16.5. The zero-order valence-corrected chi connectivity index (χ0v) is 14.9. The zero-order chi connectivity index (χ0) is 19.1. The first-order valence-corrected chi connectivity index (χ1v) is 8.60. The van der Waals surface area contributed by atoms with E-state index in [0.29, 0.717) is 11.3 Å². The summed E-state index contributed by atoms with van der Waals surface area (Å²) in [5, 5.41) is 6.19. The lowest BCUT2D eigenvalue weighted by molar-refractivity contribution is 0.167. The number of rotatable bonds is 5. The number of hydrogen-bond acceptors (Lipinski definition) is 3. The molecular weight excluding hydrogens is 343 g/mol. The maximum atomic E-state index is 12.8. The molecule has 0 heterocycles. The standard InChI is InChI=1S/C22H19FN2O2/c1-2-16-3-7-18(8-4-16)19-9-13-21(14-10-19)25-22(26)27-24-15-17-5-11-20(23)12-6-17/h3-15H,2H2,1H3,(H,25,26). The summed E-state index contributed by atoms with van der Waals surface area (Å²) in [6.07, 6.45) is 1.64. The minimum absolute atomic E-state index is 0.337. The third-order valence-electron chi connectivity index (χ3n) is 4.03. The number of oxime groups is 1. The molecule has 0 aliphatic carbocycles. The molecule has 0 saturated heterocycles. The molecule has 0 aliphatic rings. The Morgan fingerprint density at radius 1 is 0.963 bits per heavy atom. The van der Waals surface area contributed by atoms with Crippen LogP contribution in [0.2, 0.25) is 0 Å². The second kappa shape index (κ2) is 8.76. The van der Waals surface area contributed by atoms with Gasteiger partial charge in [0.25, 0.3) is 0 Å². The van der Waals surface area contributed by atoms with Crippen molar-refractivity contribution in [2.24, 2.45) is 5.16 Å². The maximum absolute atomic E-state index is 12.8. The van der Waals surface area contributed by atoms with E-state index in [1.165, 1.54) is 36.0 Å². The quantitative estimate of drug-likeness (QED) is 0.363. The Kier molecular flexibility index (Phi) is 5.94. The number of anilines is 1. The first kappa shape index (κ1) is 18.3. The molecule has 0 aliphatic heterocycles. The Balaban J connectivity index is 1.55. The summed E-state index contributed by atoms with van der Waals surface area (Å²) in [6, 6.07) is 21.5. The average Bonchev–Trinajstić information content (AvgIpc) is 2.70. The van der Waals surface area contributed by atoms with Crippen LogP contribution < -0.4 is 5.32 Å². The van der Waals surface area contributed by atoms with E-state index in [-0.39, 0.29) is 5.82 Å². The van der Waals surface area contributed by atoms with Crippen LogP contribution in [0.4, 0.5) is 14.9 Å². The second-order valence-electron chi connectivity index (χ2n) is 5.92. The van der Waals surface area contributed by atoms with E-state index in [9.17, 15) is 9.18 Å². The number of nitrogens with one attached hydrogen (secondary N) is 1. The number of hydrogen-bond donors (Lipinski definition) is 1. The topological polar surface area (TPSA) is 50.7 Å². The highest BCUT2D eigenvalue weighted by atomic mass is 19.1. The average molecular weight is 362 g/mol. The van der Waals surface area contributed by atoms with Gasteiger partial charge in [-0.2, -0.15) is 0 Å². The van der Waals surface area contributed by atoms with Gasteiger partial charge >= 0.3 is 6.09 Å². The van der Waals surface area contributed by atoms with Crippen molar-refractivity contribution in [1.82, 2.24) is 0 Å². The monoisotopic (exact) mass is 362 g/mol. The highest BCUT2D eigenvalue weighted by Crippen LogP contribution is 2.22. The Labute approximate surface area is 157 Å². The van der Waals surface area contributed by atoms with Crippen molar-refractivity contribution in [3.8, 4) is 11.1 Å². The van der Waals surface area contributed by atoms with Gasteiger partial charge in [-0.25, -0.2) is 9.18 Å². The SMILES string of the molecule is CCc1ccc(-c2ccc(NC(=O)ON=Cc3ccc(F)cc3)cc2)cc1. The lowest BCUT2D eigenvalue weighted by Gasteiger charge is -2.06. The molecule has 0 bridgehead atoms. The number of nitrogens with zero attached hydrogens (tertiary/aromatic N) is 1. The normalized spacial score (nSPS) is 10.7. The predicted molar refractivity (Wildman–Crippen MR) is 105 cm³/mol. The van der Waals surface area contributed by atoms with Crippen LogP contribution in [-0.2, 0) is 11.3 Å². The van der Waals surface area contributed by atoms with E-state index in [0.717, 1.165) is 17.5 Å². The molecule has 3 aromatic carbocycles. The third-order valence-corrected chi connectivity index (χ3v) is 4.03. The fraction of sp³-hybridized carbons (Fsp3) is 0.0909. The van der Waals surface area contributed by atoms with E-state index in [2.05, 4.69) is 41.7 Å². The minimum atomic E-state index is -0.701. The predicted octanol–water partition coefficient (Wildman–Crippen LogP) is 5.64. The van der Waals surface area contributed by atoms with Gasteiger partial charge in [-0.1, -0.05) is 60.6 Å². The Hall–Kier alpha value is -3.47. The second-order valence-corrected chi connectivity index (χ2v) is 5.92. The first-order valence-electron chi connectivity index (χ1n) is 8.60. The molecule has 0 unspecified atom stereocenters. The zero-order valence-electron chi connectivity index (χ0n) is 14.9. The van der Waals surface area contributed by atoms with Crippen molar-refractivity contribution in [2.75, 3.05) is 5.32 Å². The molecule has 0 atom stereocenters.